The van der Waals surface area contributed by atoms with E-state index >= 15 is 0 Å². The summed E-state index contributed by atoms with van der Waals surface area (Å²) in [6.45, 7) is 7.53. The van der Waals surface area contributed by atoms with Crippen LogP contribution in [0.3, 0.4) is 0 Å². The summed E-state index contributed by atoms with van der Waals surface area (Å²) in [5, 5.41) is 0. The molecule has 0 atom stereocenters. The molecule has 0 N–H and O–H groups in total. The molecule has 4 rings (SSSR count). The minimum Gasteiger partial charge on any atom is -0.422 e. The molecule has 0 unspecified atom stereocenters. The van der Waals surface area contributed by atoms with Gasteiger partial charge in [0.05, 0.1) is 22.4 Å². The zero-order chi connectivity index (χ0) is 27.8. The standard InChI is InChI=1S/C33H37NO5/c1-4-7-21-34-22-20-27(35)30-28(38-32(36)25-14-10-23(8-5-2)11-15-25)18-19-29(31(30)34)39-33(37)26-16-12-24(9-6-3)13-17-26/h10-19H,4-9,20-22H2,1-3H3. The largest absolute Gasteiger partial charge is 0.422 e. The first kappa shape index (κ1) is 28.1. The summed E-state index contributed by atoms with van der Waals surface area (Å²) in [6, 6.07) is 17.9. The van der Waals surface area contributed by atoms with Crippen molar-refractivity contribution in [1.29, 1.82) is 0 Å². The number of Topliss-reactive ketones (excluding diaryl/α,β-unsaturated/α-hetero) is 1. The van der Waals surface area contributed by atoms with E-state index < -0.39 is 11.9 Å². The van der Waals surface area contributed by atoms with E-state index in [1.54, 1.807) is 36.4 Å². The molecule has 1 aliphatic heterocycles. The molecule has 6 heteroatoms. The van der Waals surface area contributed by atoms with E-state index in [0.717, 1.165) is 49.7 Å². The van der Waals surface area contributed by atoms with Gasteiger partial charge in [-0.15, -0.1) is 0 Å². The van der Waals surface area contributed by atoms with Gasteiger partial charge in [-0.25, -0.2) is 9.59 Å². The zero-order valence-corrected chi connectivity index (χ0v) is 23.1. The highest BCUT2D eigenvalue weighted by atomic mass is 16.5. The van der Waals surface area contributed by atoms with E-state index in [1.165, 1.54) is 0 Å². The number of hydrogen-bond donors (Lipinski definition) is 0. The molecule has 0 aliphatic carbocycles. The number of nitrogens with zero attached hydrogens (tertiary/aromatic N) is 1. The average Bonchev–Trinajstić information content (AvgIpc) is 2.95. The van der Waals surface area contributed by atoms with Crippen molar-refractivity contribution in [3.8, 4) is 11.5 Å². The average molecular weight is 528 g/mol. The lowest BCUT2D eigenvalue weighted by Gasteiger charge is -2.32. The van der Waals surface area contributed by atoms with Crippen LogP contribution in [0.5, 0.6) is 11.5 Å². The third-order valence-corrected chi connectivity index (χ3v) is 6.95. The lowest BCUT2D eigenvalue weighted by molar-refractivity contribution is 0.0716. The van der Waals surface area contributed by atoms with Gasteiger partial charge >= 0.3 is 11.9 Å². The van der Waals surface area contributed by atoms with E-state index in [0.29, 0.717) is 42.1 Å². The molecular weight excluding hydrogens is 490 g/mol. The van der Waals surface area contributed by atoms with Crippen molar-refractivity contribution < 1.29 is 23.9 Å². The lowest BCUT2D eigenvalue weighted by atomic mass is 9.98. The fourth-order valence-electron chi connectivity index (χ4n) is 4.86. The Morgan fingerprint density at radius 2 is 1.23 bits per heavy atom. The van der Waals surface area contributed by atoms with Crippen LogP contribution in [0.1, 0.15) is 95.1 Å². The molecule has 3 aromatic rings. The SMILES string of the molecule is CCCCN1CCC(=O)c2c(OC(=O)c3ccc(CCC)cc3)ccc(OC(=O)c3ccc(CCC)cc3)c21. The van der Waals surface area contributed by atoms with Gasteiger partial charge < -0.3 is 14.4 Å². The lowest BCUT2D eigenvalue weighted by Crippen LogP contribution is -2.34. The highest BCUT2D eigenvalue weighted by molar-refractivity contribution is 6.08. The number of fused-ring (bicyclic) bond motifs is 1. The number of rotatable bonds is 11. The molecule has 39 heavy (non-hydrogen) atoms. The Morgan fingerprint density at radius 1 is 0.718 bits per heavy atom. The molecule has 0 saturated heterocycles. The van der Waals surface area contributed by atoms with Crippen molar-refractivity contribution in [2.45, 2.75) is 65.7 Å². The smallest absolute Gasteiger partial charge is 0.343 e. The molecule has 0 fully saturated rings. The Kier molecular flexibility index (Phi) is 9.53. The van der Waals surface area contributed by atoms with Crippen molar-refractivity contribution in [3.63, 3.8) is 0 Å². The summed E-state index contributed by atoms with van der Waals surface area (Å²) in [4.78, 5) is 41.4. The van der Waals surface area contributed by atoms with Gasteiger partial charge in [0.2, 0.25) is 0 Å². The third-order valence-electron chi connectivity index (χ3n) is 6.95. The predicted molar refractivity (Wildman–Crippen MR) is 153 cm³/mol. The molecule has 0 aromatic heterocycles. The first-order chi connectivity index (χ1) is 18.9. The van der Waals surface area contributed by atoms with Gasteiger partial charge in [0.15, 0.2) is 11.5 Å². The Bertz CT molecular complexity index is 1310. The molecule has 1 heterocycles. The van der Waals surface area contributed by atoms with Crippen molar-refractivity contribution >= 4 is 23.4 Å². The second-order valence-corrected chi connectivity index (χ2v) is 9.97. The van der Waals surface area contributed by atoms with Crippen LogP contribution in [0, 0.1) is 0 Å². The van der Waals surface area contributed by atoms with Crippen LogP contribution in [-0.2, 0) is 12.8 Å². The van der Waals surface area contributed by atoms with Gasteiger partial charge in [0.1, 0.15) is 5.75 Å². The number of carbonyl (C=O) groups is 3. The first-order valence-electron chi connectivity index (χ1n) is 14.0. The summed E-state index contributed by atoms with van der Waals surface area (Å²) in [7, 11) is 0. The minimum atomic E-state index is -0.532. The Hall–Kier alpha value is -3.93. The summed E-state index contributed by atoms with van der Waals surface area (Å²) < 4.78 is 11.6. The normalized spacial score (nSPS) is 12.7. The monoisotopic (exact) mass is 527 g/mol. The van der Waals surface area contributed by atoms with Crippen molar-refractivity contribution in [1.82, 2.24) is 0 Å². The maximum atomic E-state index is 13.2. The molecule has 0 saturated carbocycles. The summed E-state index contributed by atoms with van der Waals surface area (Å²) >= 11 is 0. The van der Waals surface area contributed by atoms with Crippen LogP contribution in [0.2, 0.25) is 0 Å². The van der Waals surface area contributed by atoms with Crippen LogP contribution in [-0.4, -0.2) is 30.8 Å². The number of ether oxygens (including phenoxy) is 2. The molecule has 6 nitrogen and oxygen atoms in total. The van der Waals surface area contributed by atoms with E-state index in [-0.39, 0.29) is 17.1 Å². The molecule has 0 amide bonds. The fraction of sp³-hybridized carbons (Fsp3) is 0.364. The van der Waals surface area contributed by atoms with Crippen molar-refractivity contribution in [3.05, 3.63) is 88.5 Å². The number of unbranched alkanes of at least 4 members (excludes halogenated alkanes) is 1. The van der Waals surface area contributed by atoms with Crippen LogP contribution in [0.25, 0.3) is 0 Å². The molecule has 204 valence electrons. The topological polar surface area (TPSA) is 72.9 Å². The van der Waals surface area contributed by atoms with Gasteiger partial charge in [0.25, 0.3) is 0 Å². The molecule has 0 radical (unpaired) electrons. The van der Waals surface area contributed by atoms with Gasteiger partial charge in [-0.3, -0.25) is 4.79 Å². The van der Waals surface area contributed by atoms with E-state index in [4.69, 9.17) is 9.47 Å². The predicted octanol–water partition coefficient (Wildman–Crippen LogP) is 7.22. The first-order valence-corrected chi connectivity index (χ1v) is 14.0. The molecular formula is C33H37NO5. The van der Waals surface area contributed by atoms with Crippen LogP contribution in [0.4, 0.5) is 5.69 Å². The van der Waals surface area contributed by atoms with Crippen LogP contribution >= 0.6 is 0 Å². The second kappa shape index (κ2) is 13.2. The number of carbonyl (C=O) groups excluding carboxylic acids is 3. The Labute approximate surface area is 230 Å². The highest BCUT2D eigenvalue weighted by Crippen LogP contribution is 2.42. The van der Waals surface area contributed by atoms with Gasteiger partial charge in [-0.2, -0.15) is 0 Å². The number of ketones is 1. The quantitative estimate of drug-likeness (QED) is 0.194. The highest BCUT2D eigenvalue weighted by Gasteiger charge is 2.32. The Morgan fingerprint density at radius 3 is 1.74 bits per heavy atom. The number of aryl methyl sites for hydroxylation is 2. The van der Waals surface area contributed by atoms with Crippen molar-refractivity contribution in [2.75, 3.05) is 18.0 Å². The molecule has 3 aromatic carbocycles. The zero-order valence-electron chi connectivity index (χ0n) is 23.1. The molecule has 0 bridgehead atoms. The summed E-state index contributed by atoms with van der Waals surface area (Å²) in [6.07, 6.45) is 6.11. The van der Waals surface area contributed by atoms with E-state index in [9.17, 15) is 14.4 Å². The summed E-state index contributed by atoms with van der Waals surface area (Å²) in [5.74, 6) is -0.690. The second-order valence-electron chi connectivity index (χ2n) is 9.97. The number of benzene rings is 3. The maximum absolute atomic E-state index is 13.2. The molecule has 1 aliphatic rings. The Balaban J connectivity index is 1.65. The van der Waals surface area contributed by atoms with E-state index in [1.807, 2.05) is 24.3 Å². The van der Waals surface area contributed by atoms with E-state index in [2.05, 4.69) is 25.7 Å². The molecule has 0 spiro atoms. The third kappa shape index (κ3) is 6.75. The minimum absolute atomic E-state index is 0.138. The fourth-order valence-corrected chi connectivity index (χ4v) is 4.86. The van der Waals surface area contributed by atoms with Gasteiger partial charge in [0, 0.05) is 19.5 Å². The maximum Gasteiger partial charge on any atom is 0.343 e. The van der Waals surface area contributed by atoms with Crippen LogP contribution in [0.15, 0.2) is 60.7 Å². The van der Waals surface area contributed by atoms with Crippen molar-refractivity contribution in [2.24, 2.45) is 0 Å². The number of esters is 2. The van der Waals surface area contributed by atoms with Crippen LogP contribution < -0.4 is 14.4 Å². The number of hydrogen-bond acceptors (Lipinski definition) is 6. The number of anilines is 1. The summed E-state index contributed by atoms with van der Waals surface area (Å²) in [5.41, 5.74) is 3.97. The van der Waals surface area contributed by atoms with Gasteiger partial charge in [-0.05, 0) is 66.8 Å². The van der Waals surface area contributed by atoms with Gasteiger partial charge in [-0.1, -0.05) is 64.3 Å².